The van der Waals surface area contributed by atoms with Gasteiger partial charge in [-0.1, -0.05) is 23.9 Å². The molecular weight excluding hydrogens is 467 g/mol. The SMILES string of the molecule is Cc1nc2sc(C(=O)N3c4ccccc4Sc4ccc(C(F)(F)F)cc43)c(N)c2c(C)c1C. The lowest BCUT2D eigenvalue weighted by molar-refractivity contribution is -0.137. The Morgan fingerprint density at radius 1 is 1.00 bits per heavy atom. The Hall–Kier alpha value is -3.04. The first-order chi connectivity index (χ1) is 15.6. The van der Waals surface area contributed by atoms with Crippen molar-refractivity contribution in [2.24, 2.45) is 0 Å². The highest BCUT2D eigenvalue weighted by atomic mass is 32.2. The number of halogens is 3. The van der Waals surface area contributed by atoms with E-state index < -0.39 is 17.6 Å². The number of nitrogens with two attached hydrogens (primary N) is 1. The molecule has 0 atom stereocenters. The molecule has 0 saturated heterocycles. The van der Waals surface area contributed by atoms with E-state index in [9.17, 15) is 18.0 Å². The number of amides is 1. The van der Waals surface area contributed by atoms with E-state index in [1.165, 1.54) is 34.1 Å². The molecule has 5 rings (SSSR count). The standard InChI is InChI=1S/C24H18F3N3OS2/c1-11-12(2)19-20(28)21(33-22(19)29-13(11)3)23(31)30-15-6-4-5-7-17(15)32-18-9-8-14(10-16(18)30)24(25,26)27/h4-10H,28H2,1-3H3. The summed E-state index contributed by atoms with van der Waals surface area (Å²) >= 11 is 2.50. The van der Waals surface area contributed by atoms with E-state index in [4.69, 9.17) is 5.73 Å². The van der Waals surface area contributed by atoms with Crippen LogP contribution in [0.4, 0.5) is 30.2 Å². The van der Waals surface area contributed by atoms with Crippen LogP contribution in [-0.2, 0) is 6.18 Å². The molecule has 0 bridgehead atoms. The van der Waals surface area contributed by atoms with E-state index in [1.54, 1.807) is 12.1 Å². The fourth-order valence-electron chi connectivity index (χ4n) is 3.98. The van der Waals surface area contributed by atoms with E-state index in [0.29, 0.717) is 21.1 Å². The number of nitrogens with zero attached hydrogens (tertiary/aromatic N) is 2. The molecule has 168 valence electrons. The Bertz CT molecular complexity index is 1460. The summed E-state index contributed by atoms with van der Waals surface area (Å²) in [5, 5.41) is 0.718. The summed E-state index contributed by atoms with van der Waals surface area (Å²) in [5.41, 5.74) is 9.43. The number of fused-ring (bicyclic) bond motifs is 3. The van der Waals surface area contributed by atoms with Crippen LogP contribution in [0.2, 0.25) is 0 Å². The van der Waals surface area contributed by atoms with Crippen LogP contribution in [0.1, 0.15) is 32.1 Å². The fraction of sp³-hybridized carbons (Fsp3) is 0.167. The molecule has 0 unspecified atom stereocenters. The highest BCUT2D eigenvalue weighted by molar-refractivity contribution is 7.99. The number of thiophene rings is 1. The summed E-state index contributed by atoms with van der Waals surface area (Å²) in [7, 11) is 0. The van der Waals surface area contributed by atoms with E-state index >= 15 is 0 Å². The van der Waals surface area contributed by atoms with Gasteiger partial charge in [-0.05, 0) is 62.2 Å². The number of aryl methyl sites for hydroxylation is 2. The number of para-hydroxylation sites is 1. The van der Waals surface area contributed by atoms with Crippen LogP contribution >= 0.6 is 23.1 Å². The normalized spacial score (nSPS) is 13.2. The summed E-state index contributed by atoms with van der Waals surface area (Å²) in [6.45, 7) is 5.77. The topological polar surface area (TPSA) is 59.2 Å². The van der Waals surface area contributed by atoms with Gasteiger partial charge >= 0.3 is 6.18 Å². The predicted octanol–water partition coefficient (Wildman–Crippen LogP) is 7.27. The van der Waals surface area contributed by atoms with Crippen molar-refractivity contribution in [2.75, 3.05) is 10.6 Å². The molecule has 2 N–H and O–H groups in total. The molecular formula is C24H18F3N3OS2. The van der Waals surface area contributed by atoms with Gasteiger partial charge < -0.3 is 5.73 Å². The third kappa shape index (κ3) is 3.38. The molecule has 1 amide bonds. The average molecular weight is 486 g/mol. The second-order valence-electron chi connectivity index (χ2n) is 7.86. The smallest absolute Gasteiger partial charge is 0.397 e. The van der Waals surface area contributed by atoms with Crippen molar-refractivity contribution in [1.82, 2.24) is 4.98 Å². The molecule has 2 aromatic heterocycles. The zero-order chi connectivity index (χ0) is 23.7. The monoisotopic (exact) mass is 485 g/mol. The van der Waals surface area contributed by atoms with Gasteiger partial charge in [-0.3, -0.25) is 9.69 Å². The molecule has 1 aliphatic rings. The number of hydrogen-bond donors (Lipinski definition) is 1. The Morgan fingerprint density at radius 2 is 1.70 bits per heavy atom. The molecule has 9 heteroatoms. The van der Waals surface area contributed by atoms with Gasteiger partial charge in [-0.2, -0.15) is 13.2 Å². The Labute approximate surface area is 196 Å². The van der Waals surface area contributed by atoms with E-state index in [2.05, 4.69) is 4.98 Å². The van der Waals surface area contributed by atoms with Crippen LogP contribution in [-0.4, -0.2) is 10.9 Å². The van der Waals surface area contributed by atoms with Gasteiger partial charge in [0.25, 0.3) is 5.91 Å². The van der Waals surface area contributed by atoms with E-state index in [0.717, 1.165) is 39.2 Å². The molecule has 0 fully saturated rings. The van der Waals surface area contributed by atoms with E-state index in [1.807, 2.05) is 32.9 Å². The number of carbonyl (C=O) groups excluding carboxylic acids is 1. The van der Waals surface area contributed by atoms with Gasteiger partial charge in [0.1, 0.15) is 9.71 Å². The number of nitrogen functional groups attached to an aromatic ring is 1. The maximum absolute atomic E-state index is 13.9. The maximum Gasteiger partial charge on any atom is 0.416 e. The highest BCUT2D eigenvalue weighted by Crippen LogP contribution is 2.51. The van der Waals surface area contributed by atoms with Crippen LogP contribution in [0.5, 0.6) is 0 Å². The summed E-state index contributed by atoms with van der Waals surface area (Å²) in [4.78, 5) is 22.1. The summed E-state index contributed by atoms with van der Waals surface area (Å²) < 4.78 is 40.5. The molecule has 1 aliphatic heterocycles. The molecule has 0 radical (unpaired) electrons. The fourth-order valence-corrected chi connectivity index (χ4v) is 6.15. The van der Waals surface area contributed by atoms with Gasteiger partial charge in [-0.25, -0.2) is 4.98 Å². The van der Waals surface area contributed by atoms with E-state index in [-0.39, 0.29) is 10.6 Å². The average Bonchev–Trinajstić information content (AvgIpc) is 3.10. The molecule has 4 aromatic rings. The minimum atomic E-state index is -4.53. The summed E-state index contributed by atoms with van der Waals surface area (Å²) in [5.74, 6) is -0.474. The first-order valence-corrected chi connectivity index (χ1v) is 11.7. The Morgan fingerprint density at radius 3 is 2.42 bits per heavy atom. The second-order valence-corrected chi connectivity index (χ2v) is 9.95. The van der Waals surface area contributed by atoms with Gasteiger partial charge in [0, 0.05) is 20.9 Å². The number of alkyl halides is 3. The minimum Gasteiger partial charge on any atom is -0.397 e. The molecule has 4 nitrogen and oxygen atoms in total. The van der Waals surface area contributed by atoms with Crippen LogP contribution < -0.4 is 10.6 Å². The molecule has 33 heavy (non-hydrogen) atoms. The third-order valence-electron chi connectivity index (χ3n) is 5.93. The zero-order valence-corrected chi connectivity index (χ0v) is 19.5. The van der Waals surface area contributed by atoms with Crippen molar-refractivity contribution < 1.29 is 18.0 Å². The van der Waals surface area contributed by atoms with Crippen LogP contribution in [0.3, 0.4) is 0 Å². The van der Waals surface area contributed by atoms with Gasteiger partial charge in [0.2, 0.25) is 0 Å². The first-order valence-electron chi connectivity index (χ1n) is 10.1. The molecule has 0 aliphatic carbocycles. The lowest BCUT2D eigenvalue weighted by Crippen LogP contribution is -2.28. The van der Waals surface area contributed by atoms with Crippen molar-refractivity contribution in [3.8, 4) is 0 Å². The Balaban J connectivity index is 1.74. The second kappa shape index (κ2) is 7.50. The highest BCUT2D eigenvalue weighted by Gasteiger charge is 2.36. The van der Waals surface area contributed by atoms with Crippen LogP contribution in [0.25, 0.3) is 10.2 Å². The van der Waals surface area contributed by atoms with Gasteiger partial charge in [0.05, 0.1) is 22.6 Å². The maximum atomic E-state index is 13.9. The first kappa shape index (κ1) is 21.8. The quantitative estimate of drug-likeness (QED) is 0.308. The number of rotatable bonds is 1. The minimum absolute atomic E-state index is 0.187. The molecule has 0 saturated carbocycles. The van der Waals surface area contributed by atoms with Crippen LogP contribution in [0.15, 0.2) is 52.3 Å². The molecule has 0 spiro atoms. The largest absolute Gasteiger partial charge is 0.416 e. The van der Waals surface area contributed by atoms with Crippen molar-refractivity contribution in [3.05, 3.63) is 69.7 Å². The van der Waals surface area contributed by atoms with Crippen molar-refractivity contribution in [2.45, 2.75) is 36.7 Å². The third-order valence-corrected chi connectivity index (χ3v) is 8.14. The number of aromatic nitrogens is 1. The molecule has 3 heterocycles. The van der Waals surface area contributed by atoms with Gasteiger partial charge in [-0.15, -0.1) is 11.3 Å². The number of pyridine rings is 1. The van der Waals surface area contributed by atoms with Crippen molar-refractivity contribution in [3.63, 3.8) is 0 Å². The zero-order valence-electron chi connectivity index (χ0n) is 17.9. The predicted molar refractivity (Wildman–Crippen MR) is 127 cm³/mol. The lowest BCUT2D eigenvalue weighted by atomic mass is 10.0. The summed E-state index contributed by atoms with van der Waals surface area (Å²) in [6.07, 6.45) is -4.53. The van der Waals surface area contributed by atoms with Crippen molar-refractivity contribution in [1.29, 1.82) is 0 Å². The van der Waals surface area contributed by atoms with Crippen molar-refractivity contribution >= 4 is 56.3 Å². The van der Waals surface area contributed by atoms with Crippen LogP contribution in [0, 0.1) is 20.8 Å². The van der Waals surface area contributed by atoms with Gasteiger partial charge in [0.15, 0.2) is 0 Å². The number of carbonyl (C=O) groups is 1. The number of anilines is 3. The molecule has 2 aromatic carbocycles. The summed E-state index contributed by atoms with van der Waals surface area (Å²) in [6, 6.07) is 10.6. The Kier molecular flexibility index (Phi) is 4.95. The lowest BCUT2D eigenvalue weighted by Gasteiger charge is -2.31. The number of benzene rings is 2. The number of hydrogen-bond acceptors (Lipinski definition) is 5.